The minimum atomic E-state index is -4.33. The van der Waals surface area contributed by atoms with Crippen LogP contribution in [0.2, 0.25) is 18.1 Å². The van der Waals surface area contributed by atoms with Gasteiger partial charge in [-0.2, -0.15) is 10.2 Å². The SMILES string of the molecule is CC(C)C(=O)Nc1nc2c(ncn2[C@H]2CC(O[Si](C)(C)C(C)(C)C)[C@@H](COP(=O)(OCCC#N)O[C@H]3C[C@H](Nc4ccncn4)C[C@@H]3CO)O2)c(=O)[nH]1. The van der Waals surface area contributed by atoms with Crippen LogP contribution in [0.5, 0.6) is 0 Å². The van der Waals surface area contributed by atoms with Gasteiger partial charge in [-0.1, -0.05) is 34.6 Å². The van der Waals surface area contributed by atoms with Gasteiger partial charge < -0.3 is 19.6 Å². The van der Waals surface area contributed by atoms with Gasteiger partial charge >= 0.3 is 7.82 Å². The number of H-pyrrole nitrogens is 1. The Kier molecular flexibility index (Phi) is 12.9. The molecule has 7 atom stereocenters. The number of carbonyl (C=O) groups excluding carboxylic acids is 1. The highest BCUT2D eigenvalue weighted by Gasteiger charge is 2.47. The number of hydrogen-bond acceptors (Lipinski definition) is 15. The molecule has 4 N–H and O–H groups in total. The molecule has 0 spiro atoms. The third kappa shape index (κ3) is 9.94. The van der Waals surface area contributed by atoms with E-state index in [1.165, 1.54) is 12.7 Å². The maximum atomic E-state index is 14.3. The van der Waals surface area contributed by atoms with Crippen LogP contribution in [0.25, 0.3) is 11.2 Å². The van der Waals surface area contributed by atoms with Crippen molar-refractivity contribution >= 4 is 45.0 Å². The molecule has 2 aliphatic rings. The lowest BCUT2D eigenvalue weighted by Crippen LogP contribution is -2.46. The van der Waals surface area contributed by atoms with Crippen LogP contribution in [0.15, 0.2) is 29.7 Å². The molecule has 0 aromatic carbocycles. The number of nitrogens with one attached hydrogen (secondary N) is 3. The fourth-order valence-electron chi connectivity index (χ4n) is 5.90. The average Bonchev–Trinajstić information content (AvgIpc) is 3.80. The number of phosphoric acid groups is 1. The Labute approximate surface area is 309 Å². The van der Waals surface area contributed by atoms with Gasteiger partial charge in [0.2, 0.25) is 11.9 Å². The van der Waals surface area contributed by atoms with Crippen LogP contribution < -0.4 is 16.2 Å². The molecule has 20 heteroatoms. The zero-order chi connectivity index (χ0) is 38.6. The maximum Gasteiger partial charge on any atom is 0.475 e. The first-order valence-corrected chi connectivity index (χ1v) is 22.1. The molecule has 1 aliphatic carbocycles. The lowest BCUT2D eigenvalue weighted by atomic mass is 10.1. The summed E-state index contributed by atoms with van der Waals surface area (Å²) in [6.45, 7) is 13.3. The highest BCUT2D eigenvalue weighted by Crippen LogP contribution is 2.54. The molecule has 0 radical (unpaired) electrons. The number of nitrogens with zero attached hydrogens (tertiary/aromatic N) is 6. The quantitative estimate of drug-likeness (QED) is 0.0890. The van der Waals surface area contributed by atoms with Crippen molar-refractivity contribution in [3.05, 3.63) is 35.3 Å². The summed E-state index contributed by atoms with van der Waals surface area (Å²) in [5.41, 5.74) is -0.278. The molecule has 53 heavy (non-hydrogen) atoms. The topological polar surface area (TPSA) is 238 Å². The normalized spacial score (nSPS) is 24.7. The number of aromatic amines is 1. The second-order valence-electron chi connectivity index (χ2n) is 15.1. The molecule has 3 aromatic rings. The van der Waals surface area contributed by atoms with E-state index < -0.39 is 46.2 Å². The number of anilines is 2. The Morgan fingerprint density at radius 2 is 2.00 bits per heavy atom. The number of aromatic nitrogens is 6. The largest absolute Gasteiger partial charge is 0.475 e. The predicted octanol–water partition coefficient (Wildman–Crippen LogP) is 4.51. The molecule has 5 rings (SSSR count). The Morgan fingerprint density at radius 3 is 2.66 bits per heavy atom. The van der Waals surface area contributed by atoms with E-state index in [0.717, 1.165) is 0 Å². The average molecular weight is 776 g/mol. The van der Waals surface area contributed by atoms with Crippen LogP contribution in [-0.4, -0.2) is 93.0 Å². The van der Waals surface area contributed by atoms with E-state index in [4.69, 9.17) is 28.0 Å². The summed E-state index contributed by atoms with van der Waals surface area (Å²) in [7, 11) is -6.73. The molecular formula is C33H50N9O9PSi. The Morgan fingerprint density at radius 1 is 1.23 bits per heavy atom. The van der Waals surface area contributed by atoms with E-state index in [1.54, 1.807) is 30.7 Å². The first-order valence-electron chi connectivity index (χ1n) is 17.7. The Hall–Kier alpha value is -3.60. The van der Waals surface area contributed by atoms with Gasteiger partial charge in [-0.15, -0.1) is 0 Å². The third-order valence-corrected chi connectivity index (χ3v) is 15.9. The van der Waals surface area contributed by atoms with E-state index >= 15 is 0 Å². The second-order valence-corrected chi connectivity index (χ2v) is 21.5. The molecule has 0 bridgehead atoms. The summed E-state index contributed by atoms with van der Waals surface area (Å²) in [6, 6.07) is 3.55. The minimum absolute atomic E-state index is 0.0231. The number of carbonyl (C=O) groups is 1. The van der Waals surface area contributed by atoms with Gasteiger partial charge in [0.1, 0.15) is 24.5 Å². The van der Waals surface area contributed by atoms with Crippen molar-refractivity contribution in [1.82, 2.24) is 29.5 Å². The fourth-order valence-corrected chi connectivity index (χ4v) is 8.69. The van der Waals surface area contributed by atoms with Crippen molar-refractivity contribution in [3.8, 4) is 6.07 Å². The zero-order valence-corrected chi connectivity index (χ0v) is 33.0. The van der Waals surface area contributed by atoms with Crippen LogP contribution in [0, 0.1) is 23.2 Å². The molecular weight excluding hydrogens is 725 g/mol. The number of aliphatic hydroxyl groups is 1. The maximum absolute atomic E-state index is 14.3. The van der Waals surface area contributed by atoms with Crippen LogP contribution >= 0.6 is 7.82 Å². The van der Waals surface area contributed by atoms with E-state index in [2.05, 4.69) is 69.4 Å². The van der Waals surface area contributed by atoms with Gasteiger partial charge in [0.25, 0.3) is 5.56 Å². The summed E-state index contributed by atoms with van der Waals surface area (Å²) in [6.07, 6.45) is 2.86. The van der Waals surface area contributed by atoms with E-state index in [1.807, 2.05) is 6.07 Å². The monoisotopic (exact) mass is 775 g/mol. The van der Waals surface area contributed by atoms with Crippen molar-refractivity contribution in [2.75, 3.05) is 30.5 Å². The van der Waals surface area contributed by atoms with E-state index in [-0.39, 0.29) is 72.2 Å². The lowest BCUT2D eigenvalue weighted by molar-refractivity contribution is -0.118. The lowest BCUT2D eigenvalue weighted by Gasteiger charge is -2.39. The summed E-state index contributed by atoms with van der Waals surface area (Å²) in [4.78, 5) is 44.8. The highest BCUT2D eigenvalue weighted by atomic mass is 31.2. The molecule has 4 heterocycles. The Balaban J connectivity index is 1.38. The number of amides is 1. The second kappa shape index (κ2) is 16.8. The summed E-state index contributed by atoms with van der Waals surface area (Å²) in [5.74, 6) is -0.463. The van der Waals surface area contributed by atoms with Crippen molar-refractivity contribution < 1.29 is 37.2 Å². The van der Waals surface area contributed by atoms with Crippen molar-refractivity contribution in [2.45, 2.75) is 109 Å². The van der Waals surface area contributed by atoms with Crippen LogP contribution in [-0.2, 0) is 32.1 Å². The molecule has 1 amide bonds. The third-order valence-electron chi connectivity index (χ3n) is 9.86. The number of phosphoric ester groups is 1. The summed E-state index contributed by atoms with van der Waals surface area (Å²) >= 11 is 0. The van der Waals surface area contributed by atoms with E-state index in [9.17, 15) is 19.3 Å². The molecule has 2 fully saturated rings. The molecule has 1 saturated carbocycles. The standard InChI is InChI=1S/C33H50N9O9PSi/c1-20(2)30(44)40-32-39-29-28(31(45)41-32)37-19-42(29)27-15-24(51-53(6,7)33(3,4)5)25(49-27)17-48-52(46,47-12-8-10-34)50-23-14-22(13-21(23)16-43)38-26-9-11-35-18-36-26/h9,11,18-25,27,43H,8,12-17H2,1-7H3,(H,35,36,38)(H2,39,40,41,44,45)/t21-,22-,23+,24?,25-,27-,52?/m1/s1. The number of ether oxygens (including phenoxy) is 1. The molecule has 2 unspecified atom stereocenters. The molecule has 1 aliphatic heterocycles. The molecule has 3 aromatic heterocycles. The van der Waals surface area contributed by atoms with Gasteiger partial charge in [0.15, 0.2) is 19.5 Å². The Bertz CT molecular complexity index is 1860. The molecule has 1 saturated heterocycles. The molecule has 18 nitrogen and oxygen atoms in total. The highest BCUT2D eigenvalue weighted by molar-refractivity contribution is 7.48. The van der Waals surface area contributed by atoms with Crippen LogP contribution in [0.3, 0.4) is 0 Å². The van der Waals surface area contributed by atoms with E-state index in [0.29, 0.717) is 25.1 Å². The molecule has 290 valence electrons. The number of nitriles is 1. The van der Waals surface area contributed by atoms with Gasteiger partial charge in [-0.25, -0.2) is 19.5 Å². The minimum Gasteiger partial charge on any atom is -0.411 e. The number of hydrogen-bond donors (Lipinski definition) is 4. The van der Waals surface area contributed by atoms with Gasteiger partial charge in [-0.05, 0) is 37.0 Å². The van der Waals surface area contributed by atoms with Crippen LogP contribution in [0.1, 0.15) is 66.5 Å². The summed E-state index contributed by atoms with van der Waals surface area (Å²) < 4.78 is 47.0. The summed E-state index contributed by atoms with van der Waals surface area (Å²) in [5, 5.41) is 25.1. The fraction of sp³-hybridized carbons (Fsp3) is 0.667. The number of aliphatic hydroxyl groups excluding tert-OH is 1. The van der Waals surface area contributed by atoms with Crippen molar-refractivity contribution in [3.63, 3.8) is 0 Å². The number of rotatable bonds is 16. The number of fused-ring (bicyclic) bond motifs is 1. The number of imidazole rings is 1. The van der Waals surface area contributed by atoms with Crippen molar-refractivity contribution in [1.29, 1.82) is 5.26 Å². The van der Waals surface area contributed by atoms with Crippen LogP contribution in [0.4, 0.5) is 11.8 Å². The first kappa shape index (κ1) is 40.6. The van der Waals surface area contributed by atoms with Gasteiger partial charge in [-0.3, -0.25) is 38.0 Å². The first-order chi connectivity index (χ1) is 25.0. The predicted molar refractivity (Wildman–Crippen MR) is 196 cm³/mol. The van der Waals surface area contributed by atoms with Gasteiger partial charge in [0, 0.05) is 37.1 Å². The van der Waals surface area contributed by atoms with Gasteiger partial charge in [0.05, 0.1) is 44.2 Å². The van der Waals surface area contributed by atoms with Crippen molar-refractivity contribution in [2.24, 2.45) is 11.8 Å². The zero-order valence-electron chi connectivity index (χ0n) is 31.1. The smallest absolute Gasteiger partial charge is 0.411 e.